The molecule has 0 bridgehead atoms. The van der Waals surface area contributed by atoms with Crippen molar-refractivity contribution in [2.75, 3.05) is 26.2 Å². The van der Waals surface area contributed by atoms with Gasteiger partial charge in [0.1, 0.15) is 0 Å². The SMILES string of the molecule is CC1CC(NC(=O)N2CCCC(CO)C2)CCN1Cc1ccccc1. The van der Waals surface area contributed by atoms with Crippen molar-refractivity contribution in [3.63, 3.8) is 0 Å². The van der Waals surface area contributed by atoms with E-state index in [0.29, 0.717) is 12.6 Å². The van der Waals surface area contributed by atoms with Gasteiger partial charge < -0.3 is 15.3 Å². The molecule has 2 fully saturated rings. The number of carbonyl (C=O) groups is 1. The molecule has 1 aromatic rings. The van der Waals surface area contributed by atoms with Gasteiger partial charge >= 0.3 is 6.03 Å². The Hall–Kier alpha value is -1.59. The minimum atomic E-state index is 0.0480. The van der Waals surface area contributed by atoms with E-state index in [9.17, 15) is 9.90 Å². The summed E-state index contributed by atoms with van der Waals surface area (Å²) in [7, 11) is 0. The molecule has 2 heterocycles. The van der Waals surface area contributed by atoms with Crippen molar-refractivity contribution in [3.8, 4) is 0 Å². The summed E-state index contributed by atoms with van der Waals surface area (Å²) in [5, 5.41) is 12.6. The first-order chi connectivity index (χ1) is 12.2. The number of amides is 2. The molecule has 5 heteroatoms. The number of hydrogen-bond donors (Lipinski definition) is 2. The summed E-state index contributed by atoms with van der Waals surface area (Å²) in [5.74, 6) is 0.242. The van der Waals surface area contributed by atoms with Crippen molar-refractivity contribution < 1.29 is 9.90 Å². The maximum atomic E-state index is 12.5. The van der Waals surface area contributed by atoms with Gasteiger partial charge in [0, 0.05) is 44.9 Å². The van der Waals surface area contributed by atoms with Gasteiger partial charge in [-0.2, -0.15) is 0 Å². The first-order valence-electron chi connectivity index (χ1n) is 9.60. The van der Waals surface area contributed by atoms with E-state index in [2.05, 4.69) is 47.5 Å². The van der Waals surface area contributed by atoms with Gasteiger partial charge in [0.25, 0.3) is 0 Å². The lowest BCUT2D eigenvalue weighted by Gasteiger charge is -2.39. The van der Waals surface area contributed by atoms with Crippen LogP contribution in [0.2, 0.25) is 0 Å². The number of nitrogens with one attached hydrogen (secondary N) is 1. The van der Waals surface area contributed by atoms with E-state index >= 15 is 0 Å². The largest absolute Gasteiger partial charge is 0.396 e. The first-order valence-corrected chi connectivity index (χ1v) is 9.60. The average molecular weight is 345 g/mol. The third-order valence-electron chi connectivity index (χ3n) is 5.63. The highest BCUT2D eigenvalue weighted by atomic mass is 16.3. The minimum Gasteiger partial charge on any atom is -0.396 e. The molecule has 2 aliphatic heterocycles. The van der Waals surface area contributed by atoms with E-state index in [4.69, 9.17) is 0 Å². The Morgan fingerprint density at radius 3 is 2.76 bits per heavy atom. The van der Waals surface area contributed by atoms with Crippen LogP contribution in [0.5, 0.6) is 0 Å². The van der Waals surface area contributed by atoms with Crippen LogP contribution >= 0.6 is 0 Å². The summed E-state index contributed by atoms with van der Waals surface area (Å²) >= 11 is 0. The Morgan fingerprint density at radius 2 is 2.04 bits per heavy atom. The van der Waals surface area contributed by atoms with E-state index in [-0.39, 0.29) is 24.6 Å². The van der Waals surface area contributed by atoms with Crippen LogP contribution in [0.15, 0.2) is 30.3 Å². The second-order valence-corrected chi connectivity index (χ2v) is 7.61. The lowest BCUT2D eigenvalue weighted by Crippen LogP contribution is -2.53. The third kappa shape index (κ3) is 4.95. The monoisotopic (exact) mass is 345 g/mol. The Balaban J connectivity index is 1.47. The van der Waals surface area contributed by atoms with Crippen LogP contribution in [0.3, 0.4) is 0 Å². The lowest BCUT2D eigenvalue weighted by molar-refractivity contribution is 0.111. The van der Waals surface area contributed by atoms with Crippen LogP contribution in [-0.4, -0.2) is 59.3 Å². The zero-order valence-electron chi connectivity index (χ0n) is 15.2. The number of nitrogens with zero attached hydrogens (tertiary/aromatic N) is 2. The second kappa shape index (κ2) is 8.68. The molecule has 0 radical (unpaired) electrons. The van der Waals surface area contributed by atoms with E-state index in [1.807, 2.05) is 4.90 Å². The molecule has 25 heavy (non-hydrogen) atoms. The number of piperidine rings is 2. The first kappa shape index (κ1) is 18.2. The zero-order chi connectivity index (χ0) is 17.6. The van der Waals surface area contributed by atoms with Gasteiger partial charge in [0.2, 0.25) is 0 Å². The van der Waals surface area contributed by atoms with Crippen LogP contribution < -0.4 is 5.32 Å². The highest BCUT2D eigenvalue weighted by molar-refractivity contribution is 5.74. The molecule has 0 aliphatic carbocycles. The molecule has 0 spiro atoms. The molecule has 1 aromatic carbocycles. The number of rotatable bonds is 4. The zero-order valence-corrected chi connectivity index (χ0v) is 15.2. The van der Waals surface area contributed by atoms with E-state index in [1.54, 1.807) is 0 Å². The van der Waals surface area contributed by atoms with Crippen LogP contribution in [0.4, 0.5) is 4.79 Å². The van der Waals surface area contributed by atoms with Crippen molar-refractivity contribution in [1.29, 1.82) is 0 Å². The van der Waals surface area contributed by atoms with Gasteiger partial charge in [-0.1, -0.05) is 30.3 Å². The lowest BCUT2D eigenvalue weighted by atomic mass is 9.97. The summed E-state index contributed by atoms with van der Waals surface area (Å²) in [5.41, 5.74) is 1.35. The van der Waals surface area contributed by atoms with E-state index in [1.165, 1.54) is 5.56 Å². The molecule has 5 nitrogen and oxygen atoms in total. The van der Waals surface area contributed by atoms with Gasteiger partial charge in [0.05, 0.1) is 0 Å². The van der Waals surface area contributed by atoms with Gasteiger partial charge in [-0.25, -0.2) is 4.79 Å². The van der Waals surface area contributed by atoms with Crippen molar-refractivity contribution >= 4 is 6.03 Å². The van der Waals surface area contributed by atoms with Crippen molar-refractivity contribution in [2.45, 2.75) is 51.2 Å². The molecular weight excluding hydrogens is 314 g/mol. The molecule has 0 aromatic heterocycles. The molecule has 3 unspecified atom stereocenters. The normalized spacial score (nSPS) is 27.9. The predicted octanol–water partition coefficient (Wildman–Crippen LogP) is 2.45. The number of aliphatic hydroxyl groups excluding tert-OH is 1. The molecule has 3 rings (SSSR count). The average Bonchev–Trinajstić information content (AvgIpc) is 2.65. The summed E-state index contributed by atoms with van der Waals surface area (Å²) in [6.07, 6.45) is 4.01. The molecule has 2 amide bonds. The smallest absolute Gasteiger partial charge is 0.317 e. The molecule has 2 N–H and O–H groups in total. The standard InChI is InChI=1S/C20H31N3O2/c1-16-12-19(9-11-22(16)13-17-6-3-2-4-7-17)21-20(25)23-10-5-8-18(14-23)15-24/h2-4,6-7,16,18-19,24H,5,8-15H2,1H3,(H,21,25). The number of likely N-dealkylation sites (tertiary alicyclic amines) is 2. The molecule has 0 saturated carbocycles. The van der Waals surface area contributed by atoms with Gasteiger partial charge in [-0.05, 0) is 44.1 Å². The van der Waals surface area contributed by atoms with Crippen LogP contribution in [0.1, 0.15) is 38.2 Å². The molecule has 2 saturated heterocycles. The van der Waals surface area contributed by atoms with Crippen LogP contribution in [0, 0.1) is 5.92 Å². The summed E-state index contributed by atoms with van der Waals surface area (Å²) in [6, 6.07) is 11.3. The highest BCUT2D eigenvalue weighted by Gasteiger charge is 2.29. The fraction of sp³-hybridized carbons (Fsp3) is 0.650. The summed E-state index contributed by atoms with van der Waals surface area (Å²) in [6.45, 7) is 5.92. The Bertz CT molecular complexity index is 551. The number of aliphatic hydroxyl groups is 1. The third-order valence-corrected chi connectivity index (χ3v) is 5.63. The number of hydrogen-bond acceptors (Lipinski definition) is 3. The summed E-state index contributed by atoms with van der Waals surface area (Å²) < 4.78 is 0. The fourth-order valence-electron chi connectivity index (χ4n) is 4.07. The molecular formula is C20H31N3O2. The quantitative estimate of drug-likeness (QED) is 0.881. The molecule has 2 aliphatic rings. The Morgan fingerprint density at radius 1 is 1.24 bits per heavy atom. The second-order valence-electron chi connectivity index (χ2n) is 7.61. The van der Waals surface area contributed by atoms with Gasteiger partial charge in [-0.15, -0.1) is 0 Å². The van der Waals surface area contributed by atoms with E-state index < -0.39 is 0 Å². The summed E-state index contributed by atoms with van der Waals surface area (Å²) in [4.78, 5) is 16.9. The maximum Gasteiger partial charge on any atom is 0.317 e. The number of carbonyl (C=O) groups excluding carboxylic acids is 1. The molecule has 138 valence electrons. The Kier molecular flexibility index (Phi) is 6.32. The van der Waals surface area contributed by atoms with Crippen molar-refractivity contribution in [2.24, 2.45) is 5.92 Å². The number of benzene rings is 1. The van der Waals surface area contributed by atoms with Gasteiger partial charge in [0.15, 0.2) is 0 Å². The van der Waals surface area contributed by atoms with Crippen LogP contribution in [0.25, 0.3) is 0 Å². The predicted molar refractivity (Wildman–Crippen MR) is 99.3 cm³/mol. The fourth-order valence-corrected chi connectivity index (χ4v) is 4.07. The van der Waals surface area contributed by atoms with Crippen LogP contribution in [-0.2, 0) is 6.54 Å². The Labute approximate surface area is 151 Å². The number of urea groups is 1. The van der Waals surface area contributed by atoms with Crippen molar-refractivity contribution in [3.05, 3.63) is 35.9 Å². The minimum absolute atomic E-state index is 0.0480. The highest BCUT2D eigenvalue weighted by Crippen LogP contribution is 2.21. The van der Waals surface area contributed by atoms with E-state index in [0.717, 1.165) is 45.3 Å². The van der Waals surface area contributed by atoms with Crippen molar-refractivity contribution in [1.82, 2.24) is 15.1 Å². The van der Waals surface area contributed by atoms with Gasteiger partial charge in [-0.3, -0.25) is 4.90 Å². The molecule has 3 atom stereocenters. The topological polar surface area (TPSA) is 55.8 Å². The maximum absolute atomic E-state index is 12.5.